The van der Waals surface area contributed by atoms with E-state index in [2.05, 4.69) is 13.8 Å². The van der Waals surface area contributed by atoms with Crippen LogP contribution in [-0.4, -0.2) is 30.2 Å². The van der Waals surface area contributed by atoms with Gasteiger partial charge in [-0.05, 0) is 56.3 Å². The van der Waals surface area contributed by atoms with E-state index in [1.807, 2.05) is 0 Å². The molecule has 0 saturated heterocycles. The van der Waals surface area contributed by atoms with Crippen molar-refractivity contribution in [3.05, 3.63) is 0 Å². The largest absolute Gasteiger partial charge is 0.393 e. The topological polar surface area (TPSA) is 46.5 Å². The zero-order valence-corrected chi connectivity index (χ0v) is 15.1. The predicted octanol–water partition coefficient (Wildman–Crippen LogP) is 3.97. The Hall–Kier alpha value is -0.410. The van der Waals surface area contributed by atoms with Crippen molar-refractivity contribution in [1.29, 1.82) is 0 Å². The SMILES string of the molecule is COC1CC(=O)C2(C)CCC3C(C)CCC(O)CCCCC3C12. The normalized spacial score (nSPS) is 48.6. The van der Waals surface area contributed by atoms with E-state index in [0.29, 0.717) is 35.9 Å². The van der Waals surface area contributed by atoms with E-state index in [0.717, 1.165) is 32.1 Å². The van der Waals surface area contributed by atoms with Crippen LogP contribution >= 0.6 is 0 Å². The molecule has 3 heteroatoms. The third kappa shape index (κ3) is 3.11. The second kappa shape index (κ2) is 6.84. The maximum absolute atomic E-state index is 12.7. The number of hydrogen-bond donors (Lipinski definition) is 1. The van der Waals surface area contributed by atoms with E-state index in [-0.39, 0.29) is 17.6 Å². The fraction of sp³-hybridized carbons (Fsp3) is 0.950. The highest BCUT2D eigenvalue weighted by molar-refractivity contribution is 5.88. The molecule has 0 aromatic rings. The number of fused-ring (bicyclic) bond motifs is 3. The van der Waals surface area contributed by atoms with Crippen molar-refractivity contribution >= 4 is 5.78 Å². The highest BCUT2D eigenvalue weighted by Gasteiger charge is 2.58. The molecule has 3 fully saturated rings. The van der Waals surface area contributed by atoms with Crippen molar-refractivity contribution in [3.63, 3.8) is 0 Å². The Balaban J connectivity index is 1.86. The molecule has 7 atom stereocenters. The molecule has 0 spiro atoms. The van der Waals surface area contributed by atoms with Crippen molar-refractivity contribution in [3.8, 4) is 0 Å². The van der Waals surface area contributed by atoms with E-state index in [4.69, 9.17) is 4.74 Å². The molecule has 0 aliphatic heterocycles. The van der Waals surface area contributed by atoms with Crippen molar-refractivity contribution in [2.45, 2.75) is 83.8 Å². The minimum Gasteiger partial charge on any atom is -0.393 e. The number of carbonyl (C=O) groups is 1. The lowest BCUT2D eigenvalue weighted by atomic mass is 9.56. The van der Waals surface area contributed by atoms with Gasteiger partial charge >= 0.3 is 0 Å². The van der Waals surface area contributed by atoms with Crippen LogP contribution in [-0.2, 0) is 9.53 Å². The lowest BCUT2D eigenvalue weighted by Gasteiger charge is -2.49. The molecule has 3 nitrogen and oxygen atoms in total. The quantitative estimate of drug-likeness (QED) is 0.794. The third-order valence-corrected chi connectivity index (χ3v) is 7.48. The van der Waals surface area contributed by atoms with Crippen molar-refractivity contribution in [2.24, 2.45) is 29.1 Å². The fourth-order valence-electron chi connectivity index (χ4n) is 6.04. The van der Waals surface area contributed by atoms with Gasteiger partial charge in [0.25, 0.3) is 0 Å². The van der Waals surface area contributed by atoms with Gasteiger partial charge in [-0.1, -0.05) is 26.7 Å². The van der Waals surface area contributed by atoms with Crippen molar-refractivity contribution < 1.29 is 14.6 Å². The summed E-state index contributed by atoms with van der Waals surface area (Å²) in [5.41, 5.74) is -0.148. The van der Waals surface area contributed by atoms with E-state index < -0.39 is 0 Å². The van der Waals surface area contributed by atoms with E-state index in [1.165, 1.54) is 19.3 Å². The van der Waals surface area contributed by atoms with Crippen LogP contribution in [0.2, 0.25) is 0 Å². The molecule has 0 amide bonds. The Bertz CT molecular complexity index is 435. The van der Waals surface area contributed by atoms with Crippen LogP contribution in [0.25, 0.3) is 0 Å². The highest BCUT2D eigenvalue weighted by atomic mass is 16.5. The molecule has 3 aliphatic carbocycles. The van der Waals surface area contributed by atoms with Gasteiger partial charge in [0.1, 0.15) is 5.78 Å². The molecule has 0 aromatic heterocycles. The Morgan fingerprint density at radius 2 is 1.83 bits per heavy atom. The lowest BCUT2D eigenvalue weighted by molar-refractivity contribution is -0.131. The maximum atomic E-state index is 12.7. The number of aliphatic hydroxyl groups is 1. The Morgan fingerprint density at radius 3 is 2.57 bits per heavy atom. The number of rotatable bonds is 1. The van der Waals surface area contributed by atoms with Crippen LogP contribution in [0, 0.1) is 29.1 Å². The molecule has 23 heavy (non-hydrogen) atoms. The van der Waals surface area contributed by atoms with Gasteiger partial charge in [0.05, 0.1) is 12.2 Å². The van der Waals surface area contributed by atoms with Crippen LogP contribution < -0.4 is 0 Å². The second-order valence-corrected chi connectivity index (χ2v) is 8.70. The number of methoxy groups -OCH3 is 1. The fourth-order valence-corrected chi connectivity index (χ4v) is 6.04. The first-order valence-electron chi connectivity index (χ1n) is 9.71. The molecule has 132 valence electrons. The molecule has 7 unspecified atom stereocenters. The monoisotopic (exact) mass is 322 g/mol. The van der Waals surface area contributed by atoms with Gasteiger partial charge < -0.3 is 9.84 Å². The van der Waals surface area contributed by atoms with E-state index >= 15 is 0 Å². The summed E-state index contributed by atoms with van der Waals surface area (Å²) in [6.07, 6.45) is 9.36. The Kier molecular flexibility index (Phi) is 5.18. The lowest BCUT2D eigenvalue weighted by Crippen LogP contribution is -2.46. The van der Waals surface area contributed by atoms with E-state index in [9.17, 15) is 9.90 Å². The summed E-state index contributed by atoms with van der Waals surface area (Å²) in [4.78, 5) is 12.7. The third-order valence-electron chi connectivity index (χ3n) is 7.48. The van der Waals surface area contributed by atoms with Crippen molar-refractivity contribution in [2.75, 3.05) is 7.11 Å². The van der Waals surface area contributed by atoms with Gasteiger partial charge in [0.2, 0.25) is 0 Å². The van der Waals surface area contributed by atoms with Gasteiger partial charge in [0, 0.05) is 24.9 Å². The minimum absolute atomic E-state index is 0.109. The number of Topliss-reactive ketones (excluding diaryl/α,β-unsaturated/α-hetero) is 1. The summed E-state index contributed by atoms with van der Waals surface area (Å²) in [7, 11) is 1.78. The van der Waals surface area contributed by atoms with Gasteiger partial charge in [0.15, 0.2) is 0 Å². The standard InChI is InChI=1S/C20H34O3/c1-13-8-9-14(21)6-4-5-7-16-15(13)10-11-20(2)18(22)12-17(23-3)19(16)20/h13-17,19,21H,4-12H2,1-3H3. The predicted molar refractivity (Wildman–Crippen MR) is 91.1 cm³/mol. The van der Waals surface area contributed by atoms with Crippen LogP contribution in [0.5, 0.6) is 0 Å². The molecule has 3 aliphatic rings. The first-order valence-corrected chi connectivity index (χ1v) is 9.71. The molecule has 0 heterocycles. The van der Waals surface area contributed by atoms with Gasteiger partial charge in [-0.15, -0.1) is 0 Å². The van der Waals surface area contributed by atoms with Gasteiger partial charge in [-0.3, -0.25) is 4.79 Å². The second-order valence-electron chi connectivity index (χ2n) is 8.70. The van der Waals surface area contributed by atoms with Crippen LogP contribution in [0.4, 0.5) is 0 Å². The zero-order valence-electron chi connectivity index (χ0n) is 15.1. The highest BCUT2D eigenvalue weighted by Crippen LogP contribution is 2.58. The van der Waals surface area contributed by atoms with Gasteiger partial charge in [-0.2, -0.15) is 0 Å². The van der Waals surface area contributed by atoms with Crippen LogP contribution in [0.1, 0.15) is 71.6 Å². The number of aliphatic hydroxyl groups excluding tert-OH is 1. The molecule has 0 bridgehead atoms. The number of ether oxygens (including phenoxy) is 1. The molecule has 3 rings (SSSR count). The molecular formula is C20H34O3. The summed E-state index contributed by atoms with van der Waals surface area (Å²) < 4.78 is 5.78. The average molecular weight is 322 g/mol. The summed E-state index contributed by atoms with van der Waals surface area (Å²) in [5, 5.41) is 10.1. The smallest absolute Gasteiger partial charge is 0.141 e. The molecule has 3 saturated carbocycles. The summed E-state index contributed by atoms with van der Waals surface area (Å²) >= 11 is 0. The van der Waals surface area contributed by atoms with Crippen LogP contribution in [0.15, 0.2) is 0 Å². The minimum atomic E-state index is -0.148. The molecular weight excluding hydrogens is 288 g/mol. The number of carbonyl (C=O) groups excluding carboxylic acids is 1. The average Bonchev–Trinajstić information content (AvgIpc) is 2.80. The van der Waals surface area contributed by atoms with E-state index in [1.54, 1.807) is 7.11 Å². The first kappa shape index (κ1) is 17.4. The Labute approximate surface area is 141 Å². The maximum Gasteiger partial charge on any atom is 0.141 e. The number of ketones is 1. The molecule has 0 aromatic carbocycles. The van der Waals surface area contributed by atoms with Crippen molar-refractivity contribution in [1.82, 2.24) is 0 Å². The first-order chi connectivity index (χ1) is 11.0. The summed E-state index contributed by atoms with van der Waals surface area (Å²) in [6.45, 7) is 4.58. The van der Waals surface area contributed by atoms with Crippen LogP contribution in [0.3, 0.4) is 0 Å². The number of hydrogen-bond acceptors (Lipinski definition) is 3. The Morgan fingerprint density at radius 1 is 1.09 bits per heavy atom. The summed E-state index contributed by atoms with van der Waals surface area (Å²) in [6, 6.07) is 0. The zero-order chi connectivity index (χ0) is 16.6. The molecule has 0 radical (unpaired) electrons. The molecule has 1 N–H and O–H groups in total. The summed E-state index contributed by atoms with van der Waals surface area (Å²) in [5.74, 6) is 2.81. The van der Waals surface area contributed by atoms with Gasteiger partial charge in [-0.25, -0.2) is 0 Å².